The van der Waals surface area contributed by atoms with E-state index in [-0.39, 0.29) is 11.7 Å². The predicted octanol–water partition coefficient (Wildman–Crippen LogP) is 3.47. The van der Waals surface area contributed by atoms with Crippen LogP contribution in [0, 0.1) is 5.82 Å². The van der Waals surface area contributed by atoms with E-state index < -0.39 is 0 Å². The van der Waals surface area contributed by atoms with Crippen molar-refractivity contribution >= 4 is 5.91 Å². The number of nitrogens with zero attached hydrogens (tertiary/aromatic N) is 1. The van der Waals surface area contributed by atoms with Crippen LogP contribution in [0.15, 0.2) is 48.5 Å². The lowest BCUT2D eigenvalue weighted by molar-refractivity contribution is -0.129. The molecule has 2 rings (SSSR count). The zero-order valence-electron chi connectivity index (χ0n) is 13.6. The lowest BCUT2D eigenvalue weighted by Crippen LogP contribution is -2.29. The van der Waals surface area contributed by atoms with Crippen LogP contribution in [0.2, 0.25) is 0 Å². The second kappa shape index (κ2) is 8.32. The van der Waals surface area contributed by atoms with Gasteiger partial charge < -0.3 is 9.64 Å². The minimum Gasteiger partial charge on any atom is -0.497 e. The van der Waals surface area contributed by atoms with E-state index in [9.17, 15) is 9.18 Å². The van der Waals surface area contributed by atoms with E-state index in [4.69, 9.17) is 4.74 Å². The number of hydrogen-bond donors (Lipinski definition) is 0. The number of aryl methyl sites for hydroxylation is 1. The Hall–Kier alpha value is -2.36. The first-order chi connectivity index (χ1) is 11.1. The molecular weight excluding hydrogens is 293 g/mol. The van der Waals surface area contributed by atoms with Crippen molar-refractivity contribution < 1.29 is 13.9 Å². The molecule has 0 aromatic heterocycles. The number of rotatable bonds is 7. The molecule has 122 valence electrons. The van der Waals surface area contributed by atoms with Crippen LogP contribution in [0.4, 0.5) is 4.39 Å². The molecule has 0 aliphatic carbocycles. The molecule has 3 nitrogen and oxygen atoms in total. The van der Waals surface area contributed by atoms with Gasteiger partial charge in [-0.25, -0.2) is 4.39 Å². The molecule has 0 aliphatic rings. The number of benzene rings is 2. The van der Waals surface area contributed by atoms with E-state index >= 15 is 0 Å². The number of carbonyl (C=O) groups is 1. The summed E-state index contributed by atoms with van der Waals surface area (Å²) in [6.45, 7) is 0.661. The highest BCUT2D eigenvalue weighted by Gasteiger charge is 2.09. The van der Waals surface area contributed by atoms with Gasteiger partial charge >= 0.3 is 0 Å². The Labute approximate surface area is 136 Å². The SMILES string of the molecule is COc1ccc(CCN(C)C(=O)CCc2cccc(F)c2)cc1. The average molecular weight is 315 g/mol. The van der Waals surface area contributed by atoms with E-state index in [1.807, 2.05) is 30.3 Å². The van der Waals surface area contributed by atoms with E-state index in [0.717, 1.165) is 23.3 Å². The summed E-state index contributed by atoms with van der Waals surface area (Å²) in [4.78, 5) is 13.9. The Morgan fingerprint density at radius 3 is 2.48 bits per heavy atom. The first-order valence-corrected chi connectivity index (χ1v) is 7.70. The number of likely N-dealkylation sites (N-methyl/N-ethyl adjacent to an activating group) is 1. The average Bonchev–Trinajstić information content (AvgIpc) is 2.58. The van der Waals surface area contributed by atoms with Gasteiger partial charge in [-0.15, -0.1) is 0 Å². The molecule has 0 aliphatic heterocycles. The predicted molar refractivity (Wildman–Crippen MR) is 89.1 cm³/mol. The van der Waals surface area contributed by atoms with Crippen molar-refractivity contribution in [3.8, 4) is 5.75 Å². The van der Waals surface area contributed by atoms with Crippen molar-refractivity contribution in [3.05, 3.63) is 65.5 Å². The number of halogens is 1. The maximum absolute atomic E-state index is 13.1. The lowest BCUT2D eigenvalue weighted by atomic mass is 10.1. The number of carbonyl (C=O) groups excluding carboxylic acids is 1. The zero-order valence-corrected chi connectivity index (χ0v) is 13.6. The maximum atomic E-state index is 13.1. The summed E-state index contributed by atoms with van der Waals surface area (Å²) in [7, 11) is 3.44. The maximum Gasteiger partial charge on any atom is 0.222 e. The summed E-state index contributed by atoms with van der Waals surface area (Å²) in [5.74, 6) is 0.638. The Balaban J connectivity index is 1.78. The van der Waals surface area contributed by atoms with Gasteiger partial charge in [0.1, 0.15) is 11.6 Å². The molecular formula is C19H22FNO2. The molecule has 4 heteroatoms. The first kappa shape index (κ1) is 17.0. The fraction of sp³-hybridized carbons (Fsp3) is 0.316. The molecule has 1 amide bonds. The molecule has 0 heterocycles. The van der Waals surface area contributed by atoms with Gasteiger partial charge in [0.05, 0.1) is 7.11 Å². The summed E-state index contributed by atoms with van der Waals surface area (Å²) in [5.41, 5.74) is 2.01. The third kappa shape index (κ3) is 5.40. The fourth-order valence-corrected chi connectivity index (χ4v) is 2.35. The van der Waals surface area contributed by atoms with Crippen LogP contribution < -0.4 is 4.74 Å². The van der Waals surface area contributed by atoms with E-state index in [0.29, 0.717) is 19.4 Å². The third-order valence-corrected chi connectivity index (χ3v) is 3.84. The molecule has 2 aromatic rings. The summed E-state index contributed by atoms with van der Waals surface area (Å²) in [6, 6.07) is 14.2. The molecule has 0 radical (unpaired) electrons. The van der Waals surface area contributed by atoms with Crippen molar-refractivity contribution in [3.63, 3.8) is 0 Å². The van der Waals surface area contributed by atoms with Crippen LogP contribution in [0.1, 0.15) is 17.5 Å². The molecule has 0 saturated carbocycles. The Morgan fingerprint density at radius 2 is 1.83 bits per heavy atom. The summed E-state index contributed by atoms with van der Waals surface area (Å²) in [6.07, 6.45) is 1.75. The van der Waals surface area contributed by atoms with Crippen LogP contribution in [0.3, 0.4) is 0 Å². The summed E-state index contributed by atoms with van der Waals surface area (Å²) in [5, 5.41) is 0. The van der Waals surface area contributed by atoms with Crippen LogP contribution in [0.25, 0.3) is 0 Å². The largest absolute Gasteiger partial charge is 0.497 e. The van der Waals surface area contributed by atoms with Gasteiger partial charge in [-0.3, -0.25) is 4.79 Å². The van der Waals surface area contributed by atoms with Crippen molar-refractivity contribution in [1.82, 2.24) is 4.90 Å². The number of amides is 1. The molecule has 0 saturated heterocycles. The van der Waals surface area contributed by atoms with E-state index in [2.05, 4.69) is 0 Å². The quantitative estimate of drug-likeness (QED) is 0.783. The topological polar surface area (TPSA) is 29.5 Å². The smallest absolute Gasteiger partial charge is 0.222 e. The molecule has 0 spiro atoms. The van der Waals surface area contributed by atoms with Crippen LogP contribution in [-0.4, -0.2) is 31.5 Å². The number of methoxy groups -OCH3 is 1. The Morgan fingerprint density at radius 1 is 1.09 bits per heavy atom. The second-order valence-corrected chi connectivity index (χ2v) is 5.54. The van der Waals surface area contributed by atoms with Crippen molar-refractivity contribution in [1.29, 1.82) is 0 Å². The van der Waals surface area contributed by atoms with Gasteiger partial charge in [-0.2, -0.15) is 0 Å². The van der Waals surface area contributed by atoms with Gasteiger partial charge in [0.2, 0.25) is 5.91 Å². The zero-order chi connectivity index (χ0) is 16.7. The summed E-state index contributed by atoms with van der Waals surface area (Å²) >= 11 is 0. The minimum absolute atomic E-state index is 0.0720. The minimum atomic E-state index is -0.261. The first-order valence-electron chi connectivity index (χ1n) is 7.70. The molecule has 23 heavy (non-hydrogen) atoms. The molecule has 0 unspecified atom stereocenters. The van der Waals surface area contributed by atoms with Gasteiger partial charge in [-0.1, -0.05) is 24.3 Å². The lowest BCUT2D eigenvalue weighted by Gasteiger charge is -2.17. The van der Waals surface area contributed by atoms with Crippen LogP contribution in [-0.2, 0) is 17.6 Å². The highest BCUT2D eigenvalue weighted by molar-refractivity contribution is 5.76. The van der Waals surface area contributed by atoms with Gasteiger partial charge in [0.25, 0.3) is 0 Å². The van der Waals surface area contributed by atoms with Crippen LogP contribution in [0.5, 0.6) is 5.75 Å². The van der Waals surface area contributed by atoms with Crippen molar-refractivity contribution in [2.24, 2.45) is 0 Å². The second-order valence-electron chi connectivity index (χ2n) is 5.54. The van der Waals surface area contributed by atoms with E-state index in [1.54, 1.807) is 25.1 Å². The molecule has 0 atom stereocenters. The molecule has 0 N–H and O–H groups in total. The van der Waals surface area contributed by atoms with Crippen molar-refractivity contribution in [2.45, 2.75) is 19.3 Å². The monoisotopic (exact) mass is 315 g/mol. The molecule has 0 bridgehead atoms. The van der Waals surface area contributed by atoms with Crippen LogP contribution >= 0.6 is 0 Å². The highest BCUT2D eigenvalue weighted by atomic mass is 19.1. The Bertz CT molecular complexity index is 640. The number of ether oxygens (including phenoxy) is 1. The van der Waals surface area contributed by atoms with Gasteiger partial charge in [0.15, 0.2) is 0 Å². The highest BCUT2D eigenvalue weighted by Crippen LogP contribution is 2.12. The fourth-order valence-electron chi connectivity index (χ4n) is 2.35. The normalized spacial score (nSPS) is 10.4. The molecule has 0 fully saturated rings. The summed E-state index contributed by atoms with van der Waals surface area (Å²) < 4.78 is 18.2. The van der Waals surface area contributed by atoms with E-state index in [1.165, 1.54) is 12.1 Å². The standard InChI is InChI=1S/C19H22FNO2/c1-21(13-12-15-6-9-18(23-2)10-7-15)19(22)11-8-16-4-3-5-17(20)14-16/h3-7,9-10,14H,8,11-13H2,1-2H3. The third-order valence-electron chi connectivity index (χ3n) is 3.84. The Kier molecular flexibility index (Phi) is 6.15. The van der Waals surface area contributed by atoms with Gasteiger partial charge in [-0.05, 0) is 48.2 Å². The number of hydrogen-bond acceptors (Lipinski definition) is 2. The molecule has 2 aromatic carbocycles. The van der Waals surface area contributed by atoms with Gasteiger partial charge in [0, 0.05) is 20.0 Å². The van der Waals surface area contributed by atoms with Crippen molar-refractivity contribution in [2.75, 3.05) is 20.7 Å².